The van der Waals surface area contributed by atoms with Gasteiger partial charge in [-0.05, 0) is 29.7 Å². The van der Waals surface area contributed by atoms with Crippen molar-refractivity contribution >= 4 is 17.3 Å². The van der Waals surface area contributed by atoms with E-state index in [1.54, 1.807) is 7.11 Å². The lowest BCUT2D eigenvalue weighted by atomic mass is 10.0. The second-order valence-electron chi connectivity index (χ2n) is 7.54. The first kappa shape index (κ1) is 20.2. The van der Waals surface area contributed by atoms with Crippen molar-refractivity contribution in [3.63, 3.8) is 0 Å². The molecule has 1 saturated heterocycles. The molecule has 3 rings (SSSR count). The Hall–Kier alpha value is -2.53. The lowest BCUT2D eigenvalue weighted by molar-refractivity contribution is -0.116. The minimum absolute atomic E-state index is 0.0836. The molecule has 2 aromatic rings. The molecule has 1 aliphatic heterocycles. The molecule has 1 fully saturated rings. The van der Waals surface area contributed by atoms with Crippen molar-refractivity contribution in [1.29, 1.82) is 0 Å². The Morgan fingerprint density at radius 1 is 1.04 bits per heavy atom. The van der Waals surface area contributed by atoms with E-state index in [1.165, 1.54) is 5.56 Å². The number of carbonyl (C=O) groups excluding carboxylic acids is 1. The van der Waals surface area contributed by atoms with Gasteiger partial charge in [-0.25, -0.2) is 0 Å². The summed E-state index contributed by atoms with van der Waals surface area (Å²) in [6.07, 6.45) is 0.515. The number of nitrogens with zero attached hydrogens (tertiary/aromatic N) is 2. The molecule has 1 aliphatic rings. The molecule has 5 heteroatoms. The van der Waals surface area contributed by atoms with Gasteiger partial charge in [0, 0.05) is 44.8 Å². The molecule has 0 radical (unpaired) electrons. The van der Waals surface area contributed by atoms with E-state index < -0.39 is 0 Å². The van der Waals surface area contributed by atoms with Crippen molar-refractivity contribution in [3.05, 3.63) is 54.1 Å². The smallest absolute Gasteiger partial charge is 0.225 e. The maximum absolute atomic E-state index is 12.4. The number of nitrogens with one attached hydrogen (secondary N) is 1. The van der Waals surface area contributed by atoms with Crippen LogP contribution in [0.1, 0.15) is 31.7 Å². The fraction of sp³-hybridized carbons (Fsp3) is 0.435. The molecule has 150 valence electrons. The summed E-state index contributed by atoms with van der Waals surface area (Å²) in [7, 11) is 1.71. The standard InChI is InChI=1S/C23H31N3O2/c1-18(2)19-8-4-5-9-20(19)24-23(27)12-13-25-14-16-26(17-15-25)21-10-6-7-11-22(21)28-3/h4-11,18H,12-17H2,1-3H3,(H,24,27). The van der Waals surface area contributed by atoms with Crippen LogP contribution in [0.2, 0.25) is 0 Å². The molecule has 0 unspecified atom stereocenters. The van der Waals surface area contributed by atoms with Gasteiger partial charge in [0.05, 0.1) is 12.8 Å². The van der Waals surface area contributed by atoms with Crippen LogP contribution < -0.4 is 15.0 Å². The first-order valence-electron chi connectivity index (χ1n) is 10.1. The van der Waals surface area contributed by atoms with Crippen LogP contribution in [-0.2, 0) is 4.79 Å². The summed E-state index contributed by atoms with van der Waals surface area (Å²) in [5.74, 6) is 1.39. The molecule has 0 saturated carbocycles. The van der Waals surface area contributed by atoms with Crippen LogP contribution in [0.5, 0.6) is 5.75 Å². The molecule has 1 amide bonds. The summed E-state index contributed by atoms with van der Waals surface area (Å²) in [6.45, 7) is 8.87. The number of ether oxygens (including phenoxy) is 1. The van der Waals surface area contributed by atoms with E-state index in [9.17, 15) is 4.79 Å². The third-order valence-electron chi connectivity index (χ3n) is 5.31. The van der Waals surface area contributed by atoms with Gasteiger partial charge >= 0.3 is 0 Å². The monoisotopic (exact) mass is 381 g/mol. The fourth-order valence-electron chi connectivity index (χ4n) is 3.69. The first-order valence-corrected chi connectivity index (χ1v) is 10.1. The maximum atomic E-state index is 12.4. The van der Waals surface area contributed by atoms with E-state index in [0.717, 1.165) is 49.8 Å². The van der Waals surface area contributed by atoms with E-state index in [0.29, 0.717) is 12.3 Å². The maximum Gasteiger partial charge on any atom is 0.225 e. The van der Waals surface area contributed by atoms with E-state index in [2.05, 4.69) is 41.1 Å². The average Bonchev–Trinajstić information content (AvgIpc) is 2.73. The van der Waals surface area contributed by atoms with Gasteiger partial charge in [0.2, 0.25) is 5.91 Å². The van der Waals surface area contributed by atoms with Crippen LogP contribution in [0, 0.1) is 0 Å². The van der Waals surface area contributed by atoms with Crippen LogP contribution in [0.25, 0.3) is 0 Å². The van der Waals surface area contributed by atoms with Crippen molar-refractivity contribution < 1.29 is 9.53 Å². The number of carbonyl (C=O) groups is 1. The highest BCUT2D eigenvalue weighted by molar-refractivity contribution is 5.91. The predicted molar refractivity (Wildman–Crippen MR) is 115 cm³/mol. The van der Waals surface area contributed by atoms with Gasteiger partial charge in [0.15, 0.2) is 0 Å². The number of piperazine rings is 1. The number of methoxy groups -OCH3 is 1. The van der Waals surface area contributed by atoms with Crippen LogP contribution >= 0.6 is 0 Å². The predicted octanol–water partition coefficient (Wildman–Crippen LogP) is 3.97. The van der Waals surface area contributed by atoms with Crippen LogP contribution in [0.15, 0.2) is 48.5 Å². The molecule has 2 aromatic carbocycles. The summed E-state index contributed by atoms with van der Waals surface area (Å²) in [6, 6.07) is 16.2. The second-order valence-corrected chi connectivity index (χ2v) is 7.54. The minimum atomic E-state index is 0.0836. The zero-order valence-corrected chi connectivity index (χ0v) is 17.1. The molecule has 0 bridgehead atoms. The molecular weight excluding hydrogens is 350 g/mol. The molecule has 1 heterocycles. The van der Waals surface area contributed by atoms with E-state index in [-0.39, 0.29) is 5.91 Å². The number of benzene rings is 2. The zero-order chi connectivity index (χ0) is 19.9. The normalized spacial score (nSPS) is 14.9. The largest absolute Gasteiger partial charge is 0.495 e. The molecular formula is C23H31N3O2. The van der Waals surface area contributed by atoms with Gasteiger partial charge in [-0.3, -0.25) is 9.69 Å². The number of hydrogen-bond donors (Lipinski definition) is 1. The van der Waals surface area contributed by atoms with Gasteiger partial charge in [0.25, 0.3) is 0 Å². The summed E-state index contributed by atoms with van der Waals surface area (Å²) >= 11 is 0. The third-order valence-corrected chi connectivity index (χ3v) is 5.31. The summed E-state index contributed by atoms with van der Waals surface area (Å²) in [5, 5.41) is 3.09. The van der Waals surface area contributed by atoms with E-state index in [4.69, 9.17) is 4.74 Å². The number of hydrogen-bond acceptors (Lipinski definition) is 4. The second kappa shape index (κ2) is 9.60. The van der Waals surface area contributed by atoms with Crippen molar-refractivity contribution in [2.24, 2.45) is 0 Å². The molecule has 0 aliphatic carbocycles. The minimum Gasteiger partial charge on any atom is -0.495 e. The lowest BCUT2D eigenvalue weighted by Gasteiger charge is -2.36. The molecule has 0 spiro atoms. The zero-order valence-electron chi connectivity index (χ0n) is 17.1. The average molecular weight is 382 g/mol. The first-order chi connectivity index (χ1) is 13.6. The SMILES string of the molecule is COc1ccccc1N1CCN(CCC(=O)Nc2ccccc2C(C)C)CC1. The Labute approximate surface area is 168 Å². The fourth-order valence-corrected chi connectivity index (χ4v) is 3.69. The van der Waals surface area contributed by atoms with Crippen LogP contribution in [0.3, 0.4) is 0 Å². The Balaban J connectivity index is 1.47. The Kier molecular flexibility index (Phi) is 6.93. The van der Waals surface area contributed by atoms with Gasteiger partial charge in [0.1, 0.15) is 5.75 Å². The Bertz CT molecular complexity index is 783. The lowest BCUT2D eigenvalue weighted by Crippen LogP contribution is -2.47. The molecule has 1 N–H and O–H groups in total. The van der Waals surface area contributed by atoms with Gasteiger partial charge < -0.3 is 15.0 Å². The molecule has 0 atom stereocenters. The summed E-state index contributed by atoms with van der Waals surface area (Å²) in [4.78, 5) is 17.2. The van der Waals surface area contributed by atoms with E-state index in [1.807, 2.05) is 36.4 Å². The number of para-hydroxylation sites is 3. The topological polar surface area (TPSA) is 44.8 Å². The molecule has 5 nitrogen and oxygen atoms in total. The van der Waals surface area contributed by atoms with Gasteiger partial charge in [-0.1, -0.05) is 44.2 Å². The summed E-state index contributed by atoms with van der Waals surface area (Å²) < 4.78 is 5.48. The third kappa shape index (κ3) is 5.04. The molecule has 28 heavy (non-hydrogen) atoms. The Morgan fingerprint density at radius 3 is 2.43 bits per heavy atom. The van der Waals surface area contributed by atoms with Gasteiger partial charge in [-0.15, -0.1) is 0 Å². The number of amides is 1. The van der Waals surface area contributed by atoms with Crippen molar-refractivity contribution in [3.8, 4) is 5.75 Å². The molecule has 0 aromatic heterocycles. The van der Waals surface area contributed by atoms with Crippen molar-refractivity contribution in [1.82, 2.24) is 4.90 Å². The number of rotatable bonds is 7. The van der Waals surface area contributed by atoms with Crippen molar-refractivity contribution in [2.45, 2.75) is 26.2 Å². The highest BCUT2D eigenvalue weighted by atomic mass is 16.5. The quantitative estimate of drug-likeness (QED) is 0.788. The summed E-state index contributed by atoms with van der Waals surface area (Å²) in [5.41, 5.74) is 3.26. The highest BCUT2D eigenvalue weighted by Crippen LogP contribution is 2.28. The number of anilines is 2. The van der Waals surface area contributed by atoms with Crippen molar-refractivity contribution in [2.75, 3.05) is 50.1 Å². The van der Waals surface area contributed by atoms with E-state index >= 15 is 0 Å². The van der Waals surface area contributed by atoms with Crippen LogP contribution in [0.4, 0.5) is 11.4 Å². The highest BCUT2D eigenvalue weighted by Gasteiger charge is 2.20. The van der Waals surface area contributed by atoms with Crippen LogP contribution in [-0.4, -0.2) is 50.6 Å². The Morgan fingerprint density at radius 2 is 1.71 bits per heavy atom. The van der Waals surface area contributed by atoms with Gasteiger partial charge in [-0.2, -0.15) is 0 Å².